The number of esters is 1. The molecule has 4 N–H and O–H groups in total. The van der Waals surface area contributed by atoms with Gasteiger partial charge in [-0.25, -0.2) is 4.79 Å². The number of aliphatic hydroxyl groups excluding tert-OH is 3. The third kappa shape index (κ3) is 4.64. The number of carbonyl (C=O) groups excluding carboxylic acids is 1. The Morgan fingerprint density at radius 2 is 1.52 bits per heavy atom. The molecule has 260 valence electrons. The molecular formula is C37H58O9. The number of rotatable bonds is 4. The predicted octanol–water partition coefficient (Wildman–Crippen LogP) is 5.24. The predicted molar refractivity (Wildman–Crippen MR) is 170 cm³/mol. The van der Waals surface area contributed by atoms with Gasteiger partial charge in [0.05, 0.1) is 18.6 Å². The molecule has 4 saturated carbocycles. The summed E-state index contributed by atoms with van der Waals surface area (Å²) in [5.41, 5.74) is 0.605. The molecule has 0 aromatic heterocycles. The lowest BCUT2D eigenvalue weighted by molar-refractivity contribution is -0.324. The fourth-order valence-electron chi connectivity index (χ4n) is 12.3. The highest BCUT2D eigenvalue weighted by molar-refractivity contribution is 5.77. The summed E-state index contributed by atoms with van der Waals surface area (Å²) in [6.45, 7) is 16.5. The van der Waals surface area contributed by atoms with Crippen molar-refractivity contribution in [2.24, 2.45) is 50.2 Å². The van der Waals surface area contributed by atoms with E-state index >= 15 is 0 Å². The summed E-state index contributed by atoms with van der Waals surface area (Å²) in [7, 11) is 1.18. The van der Waals surface area contributed by atoms with Crippen molar-refractivity contribution in [1.29, 1.82) is 0 Å². The zero-order valence-electron chi connectivity index (χ0n) is 29.2. The smallest absolute Gasteiger partial charge is 0.337 e. The highest BCUT2D eigenvalue weighted by atomic mass is 16.7. The molecule has 6 aliphatic rings. The van der Waals surface area contributed by atoms with Crippen LogP contribution in [-0.4, -0.2) is 76.3 Å². The number of fused-ring (bicyclic) bond motifs is 7. The van der Waals surface area contributed by atoms with Gasteiger partial charge in [-0.15, -0.1) is 0 Å². The van der Waals surface area contributed by atoms with E-state index in [0.29, 0.717) is 11.8 Å². The molecule has 9 heteroatoms. The van der Waals surface area contributed by atoms with Crippen LogP contribution in [0.4, 0.5) is 0 Å². The number of carbonyl (C=O) groups is 2. The monoisotopic (exact) mass is 646 g/mol. The molecule has 5 aliphatic carbocycles. The Balaban J connectivity index is 1.28. The van der Waals surface area contributed by atoms with E-state index in [0.717, 1.165) is 64.2 Å². The quantitative estimate of drug-likeness (QED) is 0.183. The van der Waals surface area contributed by atoms with Gasteiger partial charge in [0.25, 0.3) is 0 Å². The van der Waals surface area contributed by atoms with Crippen LogP contribution in [-0.2, 0) is 23.8 Å². The maximum Gasteiger partial charge on any atom is 0.337 e. The topological polar surface area (TPSA) is 143 Å². The molecule has 0 aromatic rings. The Morgan fingerprint density at radius 1 is 0.848 bits per heavy atom. The summed E-state index contributed by atoms with van der Waals surface area (Å²) in [5, 5.41) is 42.4. The average molecular weight is 647 g/mol. The fourth-order valence-corrected chi connectivity index (χ4v) is 12.3. The van der Waals surface area contributed by atoms with Gasteiger partial charge < -0.3 is 34.6 Å². The second-order valence-electron chi connectivity index (χ2n) is 18.1. The molecule has 1 saturated heterocycles. The van der Waals surface area contributed by atoms with E-state index in [1.54, 1.807) is 0 Å². The highest BCUT2D eigenvalue weighted by Crippen LogP contribution is 2.76. The lowest BCUT2D eigenvalue weighted by atomic mass is 9.33. The molecule has 9 nitrogen and oxygen atoms in total. The van der Waals surface area contributed by atoms with Crippen molar-refractivity contribution in [3.05, 3.63) is 11.6 Å². The maximum atomic E-state index is 13.0. The first-order valence-corrected chi connectivity index (χ1v) is 17.7. The van der Waals surface area contributed by atoms with Crippen molar-refractivity contribution in [1.82, 2.24) is 0 Å². The lowest BCUT2D eigenvalue weighted by Gasteiger charge is -2.71. The number of allylic oxidation sites excluding steroid dienone is 2. The van der Waals surface area contributed by atoms with Crippen LogP contribution in [0.15, 0.2) is 11.6 Å². The summed E-state index contributed by atoms with van der Waals surface area (Å²) < 4.78 is 17.0. The van der Waals surface area contributed by atoms with Crippen LogP contribution in [0.25, 0.3) is 0 Å². The minimum Gasteiger partial charge on any atom is -0.481 e. The molecule has 46 heavy (non-hydrogen) atoms. The van der Waals surface area contributed by atoms with Crippen LogP contribution in [0.5, 0.6) is 0 Å². The van der Waals surface area contributed by atoms with Gasteiger partial charge in [0.15, 0.2) is 12.4 Å². The minimum absolute atomic E-state index is 0.0187. The van der Waals surface area contributed by atoms with Crippen molar-refractivity contribution in [3.63, 3.8) is 0 Å². The van der Waals surface area contributed by atoms with Crippen LogP contribution in [0, 0.1) is 50.2 Å². The van der Waals surface area contributed by atoms with E-state index in [-0.39, 0.29) is 39.1 Å². The van der Waals surface area contributed by atoms with Crippen molar-refractivity contribution < 1.29 is 44.2 Å². The van der Waals surface area contributed by atoms with Crippen molar-refractivity contribution in [2.45, 2.75) is 149 Å². The lowest BCUT2D eigenvalue weighted by Crippen LogP contribution is -2.66. The van der Waals surface area contributed by atoms with E-state index in [2.05, 4.69) is 54.5 Å². The van der Waals surface area contributed by atoms with E-state index in [4.69, 9.17) is 14.2 Å². The molecule has 0 spiro atoms. The molecule has 0 bridgehead atoms. The van der Waals surface area contributed by atoms with Gasteiger partial charge in [0.2, 0.25) is 0 Å². The third-order valence-electron chi connectivity index (χ3n) is 15.3. The van der Waals surface area contributed by atoms with Gasteiger partial charge >= 0.3 is 11.9 Å². The molecule has 1 aliphatic heterocycles. The molecule has 5 fully saturated rings. The Kier molecular flexibility index (Phi) is 8.21. The number of carboxylic acid groups (broad SMARTS) is 1. The first-order valence-electron chi connectivity index (χ1n) is 17.7. The highest BCUT2D eigenvalue weighted by Gasteiger charge is 2.69. The molecule has 0 radical (unpaired) electrons. The van der Waals surface area contributed by atoms with Crippen molar-refractivity contribution in [3.8, 4) is 0 Å². The van der Waals surface area contributed by atoms with Gasteiger partial charge in [0.1, 0.15) is 18.3 Å². The summed E-state index contributed by atoms with van der Waals surface area (Å²) in [4.78, 5) is 25.2. The van der Waals surface area contributed by atoms with Crippen molar-refractivity contribution >= 4 is 11.9 Å². The second kappa shape index (κ2) is 11.0. The molecule has 0 amide bonds. The fraction of sp³-hybridized carbons (Fsp3) is 0.892. The van der Waals surface area contributed by atoms with Crippen molar-refractivity contribution in [2.75, 3.05) is 7.11 Å². The largest absolute Gasteiger partial charge is 0.481 e. The van der Waals surface area contributed by atoms with Gasteiger partial charge in [-0.1, -0.05) is 60.1 Å². The normalized spacial score (nSPS) is 50.9. The van der Waals surface area contributed by atoms with Gasteiger partial charge in [0, 0.05) is 0 Å². The minimum atomic E-state index is -1.62. The van der Waals surface area contributed by atoms with E-state index < -0.39 is 48.1 Å². The van der Waals surface area contributed by atoms with Crippen LogP contribution in [0.3, 0.4) is 0 Å². The molecule has 6 rings (SSSR count). The first kappa shape index (κ1) is 34.3. The van der Waals surface area contributed by atoms with Gasteiger partial charge in [-0.3, -0.25) is 4.79 Å². The Bertz CT molecular complexity index is 1280. The zero-order chi connectivity index (χ0) is 33.8. The summed E-state index contributed by atoms with van der Waals surface area (Å²) in [6.07, 6.45) is 3.73. The summed E-state index contributed by atoms with van der Waals surface area (Å²) in [6, 6.07) is 0. The van der Waals surface area contributed by atoms with Crippen LogP contribution >= 0.6 is 0 Å². The molecule has 0 aromatic carbocycles. The zero-order valence-corrected chi connectivity index (χ0v) is 29.2. The second-order valence-corrected chi connectivity index (χ2v) is 18.1. The molecule has 13 atom stereocenters. The third-order valence-corrected chi connectivity index (χ3v) is 15.3. The SMILES string of the molecule is COC(=O)[C@H]1O[C@@H](O[C@H]2CC[C@@]3(C)C(CC[C@]4(C)[C@@H]3CC=C3[C@@H]5CC(C)(C)CC[C@]5(C(=O)O)CC[C@]34C)C2(C)C)[C@H](O)[C@@H](O)[C@@H]1O. The Hall–Kier alpha value is -1.52. The molecular weight excluding hydrogens is 588 g/mol. The first-order chi connectivity index (χ1) is 21.3. The Morgan fingerprint density at radius 3 is 2.17 bits per heavy atom. The number of aliphatic hydroxyl groups is 3. The van der Waals surface area contributed by atoms with E-state index in [9.17, 15) is 30.0 Å². The Labute approximate surface area is 274 Å². The van der Waals surface area contributed by atoms with Crippen LogP contribution in [0.1, 0.15) is 113 Å². The summed E-state index contributed by atoms with van der Waals surface area (Å²) >= 11 is 0. The standard InChI is InChI=1S/C37H58O9/c1-32(2)15-17-37(31(42)43)18-16-35(6)20(21(37)19-32)9-10-23-34(5)13-12-24(33(3,4)22(34)11-14-36(23,35)7)45-30-27(40)25(38)26(39)28(46-30)29(41)44-8/h9,21-28,30,38-40H,10-19H2,1-8H3,(H,42,43)/t21-,22?,23+,24-,25-,26-,27+,28-,30+,34-,35+,36+,37-/m0/s1. The number of ether oxygens (including phenoxy) is 3. The van der Waals surface area contributed by atoms with Gasteiger partial charge in [-0.05, 0) is 109 Å². The van der Waals surface area contributed by atoms with Gasteiger partial charge in [-0.2, -0.15) is 0 Å². The number of aliphatic carboxylic acids is 1. The molecule has 1 heterocycles. The van der Waals surface area contributed by atoms with Crippen LogP contribution in [0.2, 0.25) is 0 Å². The van der Waals surface area contributed by atoms with Crippen LogP contribution < -0.4 is 0 Å². The average Bonchev–Trinajstić information content (AvgIpc) is 2.98. The maximum absolute atomic E-state index is 13.0. The number of hydrogen-bond acceptors (Lipinski definition) is 8. The number of carboxylic acids is 1. The number of hydrogen-bond donors (Lipinski definition) is 4. The summed E-state index contributed by atoms with van der Waals surface area (Å²) in [5.74, 6) is -0.600. The van der Waals surface area contributed by atoms with E-state index in [1.165, 1.54) is 12.7 Å². The number of methoxy groups -OCH3 is 1. The van der Waals surface area contributed by atoms with E-state index in [1.807, 2.05) is 0 Å². The molecule has 1 unspecified atom stereocenters.